The summed E-state index contributed by atoms with van der Waals surface area (Å²) in [4.78, 5) is 12.4. The number of rotatable bonds is 1. The van der Waals surface area contributed by atoms with Crippen LogP contribution in [0, 0.1) is 17.8 Å². The molecule has 0 aromatic carbocycles. The smallest absolute Gasteiger partial charge is 0.0727 e. The molecule has 6 heteroatoms. The van der Waals surface area contributed by atoms with Gasteiger partial charge in [0.25, 0.3) is 0 Å². The zero-order valence-electron chi connectivity index (χ0n) is 19.6. The van der Waals surface area contributed by atoms with Gasteiger partial charge in [0.2, 0.25) is 0 Å². The van der Waals surface area contributed by atoms with Crippen LogP contribution in [0.1, 0.15) is 19.3 Å². The van der Waals surface area contributed by atoms with E-state index in [9.17, 15) is 0 Å². The minimum absolute atomic E-state index is 0.544. The van der Waals surface area contributed by atoms with E-state index in [-0.39, 0.29) is 0 Å². The van der Waals surface area contributed by atoms with Crippen molar-refractivity contribution >= 4 is 0 Å². The van der Waals surface area contributed by atoms with E-state index in [1.54, 1.807) is 0 Å². The highest BCUT2D eigenvalue weighted by atomic mass is 16.5. The summed E-state index contributed by atoms with van der Waals surface area (Å²) in [6.07, 6.45) is 4.67. The predicted octanol–water partition coefficient (Wildman–Crippen LogP) is 0.841. The van der Waals surface area contributed by atoms with Crippen LogP contribution >= 0.6 is 0 Å². The van der Waals surface area contributed by atoms with E-state index < -0.39 is 0 Å². The summed E-state index contributed by atoms with van der Waals surface area (Å²) in [6.45, 7) is 11.7. The van der Waals surface area contributed by atoms with Crippen LogP contribution in [0.3, 0.4) is 0 Å². The standard InChI is InChI=1S/C8H16N2.C8H15NO.C7H14N2/c1-9-3-7-5-10(2)6-8(7)4-9;1-10-8-6-9-4-2-7(8)3-5-9;1-8-4-7-3-6(8)5-9(7)2/h7-8H,3-6H2,1-2H3;7-8H,2-6H2,1H3;6-7H,3-5H2,1-2H3/t;;6-,7-/m..0/s1. The first kappa shape index (κ1) is 22.0. The summed E-state index contributed by atoms with van der Waals surface area (Å²) in [5, 5.41) is 0. The fraction of sp³-hybridized carbons (Fsp3) is 1.00. The van der Waals surface area contributed by atoms with Crippen molar-refractivity contribution in [3.8, 4) is 0 Å². The highest BCUT2D eigenvalue weighted by Crippen LogP contribution is 2.30. The molecule has 7 rings (SSSR count). The van der Waals surface area contributed by atoms with E-state index >= 15 is 0 Å². The van der Waals surface area contributed by atoms with Crippen molar-refractivity contribution in [2.24, 2.45) is 17.8 Å². The Morgan fingerprint density at radius 3 is 1.38 bits per heavy atom. The van der Waals surface area contributed by atoms with Crippen molar-refractivity contribution < 1.29 is 4.74 Å². The Hall–Kier alpha value is -0.240. The Balaban J connectivity index is 0.000000106. The Bertz CT molecular complexity index is 479. The number of hydrogen-bond acceptors (Lipinski definition) is 6. The van der Waals surface area contributed by atoms with Gasteiger partial charge in [0.1, 0.15) is 0 Å². The van der Waals surface area contributed by atoms with Crippen molar-refractivity contribution in [3.63, 3.8) is 0 Å². The van der Waals surface area contributed by atoms with E-state index in [1.807, 2.05) is 7.11 Å². The number of hydrogen-bond donors (Lipinski definition) is 0. The number of ether oxygens (including phenoxy) is 1. The lowest BCUT2D eigenvalue weighted by atomic mass is 9.86. The zero-order valence-corrected chi connectivity index (χ0v) is 19.6. The average Bonchev–Trinajstić information content (AvgIpc) is 3.43. The number of piperazine rings is 1. The minimum Gasteiger partial charge on any atom is -0.380 e. The number of piperidine rings is 3. The molecule has 1 unspecified atom stereocenters. The molecule has 0 aromatic rings. The molecule has 0 N–H and O–H groups in total. The Morgan fingerprint density at radius 1 is 0.621 bits per heavy atom. The van der Waals surface area contributed by atoms with Crippen LogP contribution in [0.15, 0.2) is 0 Å². The minimum atomic E-state index is 0.544. The molecule has 0 saturated carbocycles. The SMILES string of the molecule is CN1CC2CN(C)CC2C1.CN1C[C@@H]2C[C@H]1CN2C.COC1CN2CCC1CC2. The number of nitrogens with zero attached hydrogens (tertiary/aromatic N) is 5. The van der Waals surface area contributed by atoms with Gasteiger partial charge in [0, 0.05) is 65.0 Å². The third-order valence-corrected chi connectivity index (χ3v) is 8.54. The number of fused-ring (bicyclic) bond motifs is 6. The fourth-order valence-corrected chi connectivity index (χ4v) is 6.70. The number of likely N-dealkylation sites (tertiary alicyclic amines) is 4. The molecule has 7 heterocycles. The molecule has 7 aliphatic rings. The second kappa shape index (κ2) is 9.49. The van der Waals surface area contributed by atoms with Crippen molar-refractivity contribution in [1.82, 2.24) is 24.5 Å². The zero-order chi connectivity index (χ0) is 20.5. The molecule has 29 heavy (non-hydrogen) atoms. The van der Waals surface area contributed by atoms with Gasteiger partial charge in [-0.2, -0.15) is 0 Å². The van der Waals surface area contributed by atoms with Gasteiger partial charge in [-0.15, -0.1) is 0 Å². The van der Waals surface area contributed by atoms with Gasteiger partial charge in [-0.1, -0.05) is 0 Å². The van der Waals surface area contributed by atoms with Crippen molar-refractivity contribution in [2.75, 3.05) is 94.2 Å². The van der Waals surface area contributed by atoms with E-state index in [4.69, 9.17) is 4.74 Å². The molecular weight excluding hydrogens is 362 g/mol. The second-order valence-corrected chi connectivity index (χ2v) is 10.8. The monoisotopic (exact) mass is 407 g/mol. The van der Waals surface area contributed by atoms with E-state index in [1.165, 1.54) is 78.2 Å². The quantitative estimate of drug-likeness (QED) is 0.639. The Labute approximate surface area is 179 Å². The first-order chi connectivity index (χ1) is 13.9. The van der Waals surface area contributed by atoms with Gasteiger partial charge < -0.3 is 29.2 Å². The van der Waals surface area contributed by atoms with Crippen LogP contribution in [0.4, 0.5) is 0 Å². The van der Waals surface area contributed by atoms with Crippen LogP contribution in [0.25, 0.3) is 0 Å². The van der Waals surface area contributed by atoms with Crippen LogP contribution < -0.4 is 0 Å². The molecule has 6 nitrogen and oxygen atoms in total. The number of likely N-dealkylation sites (N-methyl/N-ethyl adjacent to an activating group) is 2. The molecule has 4 bridgehead atoms. The Kier molecular flexibility index (Phi) is 7.19. The first-order valence-corrected chi connectivity index (χ1v) is 12.0. The molecule has 7 aliphatic heterocycles. The summed E-state index contributed by atoms with van der Waals surface area (Å²) in [5.74, 6) is 2.83. The van der Waals surface area contributed by atoms with Crippen molar-refractivity contribution in [1.29, 1.82) is 0 Å². The molecule has 0 amide bonds. The lowest BCUT2D eigenvalue weighted by Gasteiger charge is -2.43. The molecule has 0 radical (unpaired) electrons. The molecular formula is C23H45N5O. The maximum atomic E-state index is 5.38. The molecule has 0 spiro atoms. The third-order valence-electron chi connectivity index (χ3n) is 8.54. The first-order valence-electron chi connectivity index (χ1n) is 12.0. The largest absolute Gasteiger partial charge is 0.380 e. The van der Waals surface area contributed by atoms with Gasteiger partial charge >= 0.3 is 0 Å². The average molecular weight is 408 g/mol. The predicted molar refractivity (Wildman–Crippen MR) is 119 cm³/mol. The molecule has 0 aromatic heterocycles. The molecule has 3 atom stereocenters. The summed E-state index contributed by atoms with van der Waals surface area (Å²) in [7, 11) is 10.8. The third kappa shape index (κ3) is 5.16. The van der Waals surface area contributed by atoms with Crippen molar-refractivity contribution in [2.45, 2.75) is 37.5 Å². The number of methoxy groups -OCH3 is 1. The van der Waals surface area contributed by atoms with Crippen LogP contribution in [-0.4, -0.2) is 137 Å². The van der Waals surface area contributed by atoms with Gasteiger partial charge in [0.15, 0.2) is 0 Å². The maximum Gasteiger partial charge on any atom is 0.0727 e. The summed E-state index contributed by atoms with van der Waals surface area (Å²) < 4.78 is 5.38. The molecule has 7 fully saturated rings. The van der Waals surface area contributed by atoms with Gasteiger partial charge in [0.05, 0.1) is 6.10 Å². The normalized spacial score (nSPS) is 44.4. The Morgan fingerprint density at radius 2 is 1.10 bits per heavy atom. The maximum absolute atomic E-state index is 5.38. The molecule has 7 saturated heterocycles. The van der Waals surface area contributed by atoms with E-state index in [0.717, 1.165) is 29.8 Å². The summed E-state index contributed by atoms with van der Waals surface area (Å²) in [6, 6.07) is 1.75. The highest BCUT2D eigenvalue weighted by Gasteiger charge is 2.39. The topological polar surface area (TPSA) is 25.4 Å². The van der Waals surface area contributed by atoms with E-state index in [2.05, 4.69) is 52.7 Å². The summed E-state index contributed by atoms with van der Waals surface area (Å²) in [5.41, 5.74) is 0. The fourth-order valence-electron chi connectivity index (χ4n) is 6.70. The molecule has 0 aliphatic carbocycles. The van der Waals surface area contributed by atoms with Crippen LogP contribution in [0.5, 0.6) is 0 Å². The van der Waals surface area contributed by atoms with Crippen LogP contribution in [0.2, 0.25) is 0 Å². The van der Waals surface area contributed by atoms with Crippen molar-refractivity contribution in [3.05, 3.63) is 0 Å². The van der Waals surface area contributed by atoms with Gasteiger partial charge in [-0.05, 0) is 78.3 Å². The van der Waals surface area contributed by atoms with Gasteiger partial charge in [-0.25, -0.2) is 0 Å². The lowest BCUT2D eigenvalue weighted by molar-refractivity contribution is -0.0481. The van der Waals surface area contributed by atoms with Crippen LogP contribution in [-0.2, 0) is 4.74 Å². The highest BCUT2D eigenvalue weighted by molar-refractivity contribution is 4.96. The second-order valence-electron chi connectivity index (χ2n) is 10.8. The summed E-state index contributed by atoms with van der Waals surface area (Å²) >= 11 is 0. The van der Waals surface area contributed by atoms with Gasteiger partial charge in [-0.3, -0.25) is 0 Å². The molecule has 168 valence electrons. The van der Waals surface area contributed by atoms with E-state index in [0.29, 0.717) is 6.10 Å². The lowest BCUT2D eigenvalue weighted by Crippen LogP contribution is -2.50.